The van der Waals surface area contributed by atoms with Crippen LogP contribution in [0, 0.1) is 0 Å². The summed E-state index contributed by atoms with van der Waals surface area (Å²) < 4.78 is 0. The Morgan fingerprint density at radius 1 is 1.33 bits per heavy atom. The monoisotopic (exact) mass is 267 g/mol. The van der Waals surface area contributed by atoms with Crippen molar-refractivity contribution in [2.24, 2.45) is 5.73 Å². The molecular formula is C12H14ClN3O2. The van der Waals surface area contributed by atoms with E-state index in [0.29, 0.717) is 10.7 Å². The molecular weight excluding hydrogens is 254 g/mol. The number of nitrogens with one attached hydrogen (secondary N) is 1. The second-order valence-electron chi connectivity index (χ2n) is 4.33. The molecule has 1 aromatic carbocycles. The minimum absolute atomic E-state index is 0.108. The number of halogens is 1. The van der Waals surface area contributed by atoms with Gasteiger partial charge >= 0.3 is 0 Å². The van der Waals surface area contributed by atoms with E-state index in [1.165, 1.54) is 0 Å². The van der Waals surface area contributed by atoms with Crippen molar-refractivity contribution in [2.75, 3.05) is 18.0 Å². The molecule has 1 saturated heterocycles. The van der Waals surface area contributed by atoms with Crippen molar-refractivity contribution in [3.8, 4) is 0 Å². The smallest absolute Gasteiger partial charge is 0.246 e. The zero-order valence-corrected chi connectivity index (χ0v) is 10.7. The van der Waals surface area contributed by atoms with Gasteiger partial charge in [-0.25, -0.2) is 0 Å². The standard InChI is InChI=1S/C12H14ClN3O2/c1-7(14)8-2-3-10(9(13)4-8)16-5-11(17)15-12(18)6-16/h2-4,7H,5-6,14H2,1H3,(H,15,17,18)/t7-/m0/s1. The largest absolute Gasteiger partial charge is 0.352 e. The molecule has 0 radical (unpaired) electrons. The molecule has 0 aliphatic carbocycles. The molecule has 3 N–H and O–H groups in total. The van der Waals surface area contributed by atoms with Crippen LogP contribution in [0.2, 0.25) is 5.02 Å². The number of carbonyl (C=O) groups is 2. The normalized spacial score (nSPS) is 17.6. The van der Waals surface area contributed by atoms with Gasteiger partial charge in [0.1, 0.15) is 0 Å². The van der Waals surface area contributed by atoms with Crippen LogP contribution in [0.5, 0.6) is 0 Å². The highest BCUT2D eigenvalue weighted by atomic mass is 35.5. The Hall–Kier alpha value is -1.59. The number of nitrogens with two attached hydrogens (primary N) is 1. The van der Waals surface area contributed by atoms with E-state index in [4.69, 9.17) is 17.3 Å². The van der Waals surface area contributed by atoms with E-state index in [-0.39, 0.29) is 30.9 Å². The van der Waals surface area contributed by atoms with E-state index >= 15 is 0 Å². The summed E-state index contributed by atoms with van der Waals surface area (Å²) in [6.45, 7) is 2.12. The fourth-order valence-electron chi connectivity index (χ4n) is 1.87. The molecule has 0 bridgehead atoms. The van der Waals surface area contributed by atoms with Gasteiger partial charge in [-0.2, -0.15) is 0 Å². The summed E-state index contributed by atoms with van der Waals surface area (Å²) in [4.78, 5) is 24.3. The van der Waals surface area contributed by atoms with Crippen LogP contribution in [0.15, 0.2) is 18.2 Å². The van der Waals surface area contributed by atoms with Gasteiger partial charge in [0.15, 0.2) is 0 Å². The molecule has 2 rings (SSSR count). The molecule has 6 heteroatoms. The summed E-state index contributed by atoms with van der Waals surface area (Å²) >= 11 is 6.16. The fourth-order valence-corrected chi connectivity index (χ4v) is 2.18. The summed E-state index contributed by atoms with van der Waals surface area (Å²) in [6.07, 6.45) is 0. The third-order valence-electron chi connectivity index (χ3n) is 2.79. The van der Waals surface area contributed by atoms with E-state index in [2.05, 4.69) is 5.32 Å². The first-order valence-electron chi connectivity index (χ1n) is 5.60. The maximum absolute atomic E-state index is 11.3. The number of anilines is 1. The Morgan fingerprint density at radius 3 is 2.44 bits per heavy atom. The van der Waals surface area contributed by atoms with Crippen LogP contribution in [0.1, 0.15) is 18.5 Å². The SMILES string of the molecule is C[C@H](N)c1ccc(N2CC(=O)NC(=O)C2)c(Cl)c1. The van der Waals surface area contributed by atoms with Crippen LogP contribution >= 0.6 is 11.6 Å². The Kier molecular flexibility index (Phi) is 3.54. The first-order chi connectivity index (χ1) is 8.47. The van der Waals surface area contributed by atoms with E-state index in [1.807, 2.05) is 13.0 Å². The summed E-state index contributed by atoms with van der Waals surface area (Å²) in [5.74, 6) is -0.642. The lowest BCUT2D eigenvalue weighted by atomic mass is 10.1. The van der Waals surface area contributed by atoms with Gasteiger partial charge in [-0.1, -0.05) is 17.7 Å². The van der Waals surface area contributed by atoms with E-state index in [1.54, 1.807) is 17.0 Å². The predicted octanol–water partition coefficient (Wildman–Crippen LogP) is 0.823. The summed E-state index contributed by atoms with van der Waals surface area (Å²) in [5, 5.41) is 2.74. The molecule has 0 saturated carbocycles. The van der Waals surface area contributed by atoms with Crippen molar-refractivity contribution in [3.63, 3.8) is 0 Å². The lowest BCUT2D eigenvalue weighted by Gasteiger charge is -2.28. The molecule has 1 aliphatic heterocycles. The van der Waals surface area contributed by atoms with Crippen LogP contribution in [-0.4, -0.2) is 24.9 Å². The number of rotatable bonds is 2. The molecule has 1 atom stereocenters. The lowest BCUT2D eigenvalue weighted by molar-refractivity contribution is -0.130. The Balaban J connectivity index is 2.28. The van der Waals surface area contributed by atoms with Crippen molar-refractivity contribution in [3.05, 3.63) is 28.8 Å². The van der Waals surface area contributed by atoms with Crippen LogP contribution < -0.4 is 16.0 Å². The summed E-state index contributed by atoms with van der Waals surface area (Å²) in [6, 6.07) is 5.29. The first-order valence-corrected chi connectivity index (χ1v) is 5.98. The van der Waals surface area contributed by atoms with Crippen LogP contribution in [0.4, 0.5) is 5.69 Å². The van der Waals surface area contributed by atoms with Crippen LogP contribution in [-0.2, 0) is 9.59 Å². The summed E-state index contributed by atoms with van der Waals surface area (Å²) in [5.41, 5.74) is 7.35. The first kappa shape index (κ1) is 12.9. The van der Waals surface area contributed by atoms with Crippen LogP contribution in [0.25, 0.3) is 0 Å². The van der Waals surface area contributed by atoms with Gasteiger partial charge in [-0.3, -0.25) is 14.9 Å². The van der Waals surface area contributed by atoms with Gasteiger partial charge in [0, 0.05) is 6.04 Å². The highest BCUT2D eigenvalue weighted by molar-refractivity contribution is 6.33. The molecule has 1 aromatic rings. The second kappa shape index (κ2) is 4.96. The third kappa shape index (κ3) is 2.63. The predicted molar refractivity (Wildman–Crippen MR) is 69.4 cm³/mol. The average molecular weight is 268 g/mol. The van der Waals surface area contributed by atoms with Gasteiger partial charge in [-0.05, 0) is 24.6 Å². The number of amides is 2. The molecule has 2 amide bonds. The molecule has 1 aliphatic rings. The Labute approximate surface area is 110 Å². The number of benzene rings is 1. The molecule has 18 heavy (non-hydrogen) atoms. The third-order valence-corrected chi connectivity index (χ3v) is 3.09. The van der Waals surface area contributed by atoms with Gasteiger partial charge in [0.2, 0.25) is 11.8 Å². The molecule has 1 fully saturated rings. The van der Waals surface area contributed by atoms with Crippen LogP contribution in [0.3, 0.4) is 0 Å². The molecule has 1 heterocycles. The van der Waals surface area contributed by atoms with Crippen molar-refractivity contribution >= 4 is 29.1 Å². The number of carbonyl (C=O) groups excluding carboxylic acids is 2. The van der Waals surface area contributed by atoms with Gasteiger partial charge in [0.05, 0.1) is 23.8 Å². The quantitative estimate of drug-likeness (QED) is 0.778. The van der Waals surface area contributed by atoms with Crippen molar-refractivity contribution in [1.82, 2.24) is 5.32 Å². The topological polar surface area (TPSA) is 75.4 Å². The van der Waals surface area contributed by atoms with Crippen molar-refractivity contribution in [2.45, 2.75) is 13.0 Å². The molecule has 0 unspecified atom stereocenters. The van der Waals surface area contributed by atoms with Gasteiger partial charge < -0.3 is 10.6 Å². The fraction of sp³-hybridized carbons (Fsp3) is 0.333. The van der Waals surface area contributed by atoms with Crippen molar-refractivity contribution in [1.29, 1.82) is 0 Å². The average Bonchev–Trinajstić information content (AvgIpc) is 2.27. The highest BCUT2D eigenvalue weighted by Gasteiger charge is 2.24. The zero-order chi connectivity index (χ0) is 13.3. The van der Waals surface area contributed by atoms with E-state index < -0.39 is 0 Å². The number of hydrogen-bond acceptors (Lipinski definition) is 4. The van der Waals surface area contributed by atoms with Gasteiger partial charge in [0.25, 0.3) is 0 Å². The number of hydrogen-bond donors (Lipinski definition) is 2. The molecule has 0 spiro atoms. The number of imide groups is 1. The highest BCUT2D eigenvalue weighted by Crippen LogP contribution is 2.28. The lowest BCUT2D eigenvalue weighted by Crippen LogP contribution is -2.51. The molecule has 96 valence electrons. The minimum atomic E-state index is -0.321. The van der Waals surface area contributed by atoms with Gasteiger partial charge in [-0.15, -0.1) is 0 Å². The number of piperazine rings is 1. The van der Waals surface area contributed by atoms with Crippen molar-refractivity contribution < 1.29 is 9.59 Å². The summed E-state index contributed by atoms with van der Waals surface area (Å²) in [7, 11) is 0. The Morgan fingerprint density at radius 2 is 1.94 bits per heavy atom. The minimum Gasteiger partial charge on any atom is -0.352 e. The Bertz CT molecular complexity index is 486. The zero-order valence-electron chi connectivity index (χ0n) is 9.94. The maximum atomic E-state index is 11.3. The van der Waals surface area contributed by atoms with E-state index in [9.17, 15) is 9.59 Å². The second-order valence-corrected chi connectivity index (χ2v) is 4.73. The number of nitrogens with zero attached hydrogens (tertiary/aromatic N) is 1. The van der Waals surface area contributed by atoms with E-state index in [0.717, 1.165) is 5.56 Å². The molecule has 5 nitrogen and oxygen atoms in total. The molecule has 0 aromatic heterocycles. The maximum Gasteiger partial charge on any atom is 0.246 e.